The third kappa shape index (κ3) is 6.00. The molecule has 0 saturated heterocycles. The molecule has 4 aromatic rings. The highest BCUT2D eigenvalue weighted by Crippen LogP contribution is 2.35. The molecule has 1 amide bonds. The number of rotatable bonds is 7. The molecule has 0 unspecified atom stereocenters. The zero-order valence-corrected chi connectivity index (χ0v) is 22.6. The molecule has 1 aliphatic rings. The summed E-state index contributed by atoms with van der Waals surface area (Å²) in [4.78, 5) is 16.9. The van der Waals surface area contributed by atoms with Crippen LogP contribution in [0.25, 0.3) is 22.4 Å². The topological polar surface area (TPSA) is 89.9 Å². The Morgan fingerprint density at radius 1 is 1.15 bits per heavy atom. The molecule has 5 rings (SSSR count). The van der Waals surface area contributed by atoms with Crippen LogP contribution in [0.3, 0.4) is 0 Å². The quantitative estimate of drug-likeness (QED) is 0.254. The molecule has 1 aromatic carbocycles. The van der Waals surface area contributed by atoms with Gasteiger partial charge in [-0.2, -0.15) is 18.2 Å². The van der Waals surface area contributed by atoms with Gasteiger partial charge in [-0.05, 0) is 57.9 Å². The van der Waals surface area contributed by atoms with E-state index >= 15 is 0 Å². The van der Waals surface area contributed by atoms with Gasteiger partial charge < -0.3 is 24.3 Å². The van der Waals surface area contributed by atoms with E-state index in [1.807, 2.05) is 31.5 Å². The lowest BCUT2D eigenvalue weighted by Gasteiger charge is -2.28. The first-order valence-corrected chi connectivity index (χ1v) is 13.3. The highest BCUT2D eigenvalue weighted by Gasteiger charge is 2.32. The lowest BCUT2D eigenvalue weighted by Crippen LogP contribution is -2.33. The minimum Gasteiger partial charge on any atom is -0.379 e. The van der Waals surface area contributed by atoms with E-state index in [1.54, 1.807) is 36.5 Å². The maximum Gasteiger partial charge on any atom is 0.406 e. The third-order valence-electron chi connectivity index (χ3n) is 7.13. The fourth-order valence-electron chi connectivity index (χ4n) is 5.03. The Labute approximate surface area is 228 Å². The van der Waals surface area contributed by atoms with Crippen LogP contribution < -0.4 is 10.6 Å². The number of anilines is 1. The van der Waals surface area contributed by atoms with Crippen molar-refractivity contribution in [2.75, 3.05) is 5.32 Å². The van der Waals surface area contributed by atoms with E-state index in [2.05, 4.69) is 20.8 Å². The van der Waals surface area contributed by atoms with Gasteiger partial charge in [-0.3, -0.25) is 4.79 Å². The summed E-state index contributed by atoms with van der Waals surface area (Å²) in [5, 5.41) is 10.3. The molecule has 3 aromatic heterocycles. The van der Waals surface area contributed by atoms with Crippen LogP contribution in [0.2, 0.25) is 0 Å². The van der Waals surface area contributed by atoms with Gasteiger partial charge in [0.1, 0.15) is 12.7 Å². The third-order valence-corrected chi connectivity index (χ3v) is 7.13. The second kappa shape index (κ2) is 10.6. The van der Waals surface area contributed by atoms with E-state index in [0.717, 1.165) is 17.4 Å². The Bertz CT molecular complexity index is 1500. The molecule has 0 bridgehead atoms. The molecule has 3 heterocycles. The Morgan fingerprint density at radius 2 is 1.93 bits per heavy atom. The van der Waals surface area contributed by atoms with Crippen molar-refractivity contribution < 1.29 is 26.9 Å². The van der Waals surface area contributed by atoms with E-state index < -0.39 is 24.9 Å². The smallest absolute Gasteiger partial charge is 0.379 e. The van der Waals surface area contributed by atoms with Gasteiger partial charge in [-0.1, -0.05) is 24.1 Å². The van der Waals surface area contributed by atoms with Crippen LogP contribution in [0, 0.1) is 0 Å². The average Bonchev–Trinajstić information content (AvgIpc) is 3.62. The number of benzene rings is 1. The predicted octanol–water partition coefficient (Wildman–Crippen LogP) is 6.43. The summed E-state index contributed by atoms with van der Waals surface area (Å²) in [7, 11) is 0. The number of halogens is 4. The van der Waals surface area contributed by atoms with Gasteiger partial charge in [0.05, 0.1) is 29.4 Å². The first kappa shape index (κ1) is 27.7. The maximum atomic E-state index is 14.5. The van der Waals surface area contributed by atoms with Crippen LogP contribution in [0.5, 0.6) is 0 Å². The van der Waals surface area contributed by atoms with E-state index in [9.17, 15) is 22.4 Å². The number of fused-ring (bicyclic) bond motifs is 1. The molecular formula is C28H32F4N6O2. The van der Waals surface area contributed by atoms with Crippen LogP contribution in [0.1, 0.15) is 62.7 Å². The van der Waals surface area contributed by atoms with Crippen molar-refractivity contribution in [1.82, 2.24) is 24.6 Å². The summed E-state index contributed by atoms with van der Waals surface area (Å²) in [6.07, 6.45) is 0.814. The van der Waals surface area contributed by atoms with Gasteiger partial charge in [-0.25, -0.2) is 4.39 Å². The van der Waals surface area contributed by atoms with Crippen LogP contribution in [0.15, 0.2) is 47.2 Å². The lowest BCUT2D eigenvalue weighted by atomic mass is 9.93. The first-order valence-electron chi connectivity index (χ1n) is 13.3. The van der Waals surface area contributed by atoms with Gasteiger partial charge in [-0.15, -0.1) is 0 Å². The SMILES string of the molecule is CC(C)(C)n1ccc(C(=O)NCc2nc(-c3cc4c(N[C@H]5CCCC[C@@H]5F)cccc4n3CC(F)(F)F)no2)c1. The van der Waals surface area contributed by atoms with Crippen molar-refractivity contribution in [3.05, 3.63) is 54.2 Å². The normalized spacial score (nSPS) is 18.3. The average molecular weight is 561 g/mol. The largest absolute Gasteiger partial charge is 0.406 e. The number of hydrogen-bond donors (Lipinski definition) is 2. The van der Waals surface area contributed by atoms with E-state index in [-0.39, 0.29) is 35.4 Å². The van der Waals surface area contributed by atoms with Gasteiger partial charge in [0.2, 0.25) is 11.7 Å². The molecule has 40 heavy (non-hydrogen) atoms. The summed E-state index contributed by atoms with van der Waals surface area (Å²) in [5.41, 5.74) is 1.23. The number of alkyl halides is 4. The first-order chi connectivity index (χ1) is 18.9. The molecule has 2 atom stereocenters. The Kier molecular flexibility index (Phi) is 7.36. The number of hydrogen-bond acceptors (Lipinski definition) is 5. The molecule has 8 nitrogen and oxygen atoms in total. The lowest BCUT2D eigenvalue weighted by molar-refractivity contribution is -0.139. The molecule has 0 spiro atoms. The summed E-state index contributed by atoms with van der Waals surface area (Å²) in [5.74, 6) is -0.350. The van der Waals surface area contributed by atoms with Crippen LogP contribution in [-0.2, 0) is 18.6 Å². The van der Waals surface area contributed by atoms with Crippen LogP contribution >= 0.6 is 0 Å². The van der Waals surface area contributed by atoms with Crippen molar-refractivity contribution in [3.8, 4) is 11.5 Å². The van der Waals surface area contributed by atoms with Crippen molar-refractivity contribution in [2.45, 2.75) is 83.5 Å². The zero-order valence-electron chi connectivity index (χ0n) is 22.6. The molecule has 0 aliphatic heterocycles. The standard InChI is InChI=1S/C28H32F4N6O2/c1-27(2,3)37-12-11-17(15-37)26(39)33-14-24-35-25(36-40-24)23-13-18-20(34-21-8-5-4-7-19(21)29)9-6-10-22(18)38(23)16-28(30,31)32/h6,9-13,15,19,21,34H,4-5,7-8,14,16H2,1-3H3,(H,33,39)/t19-,21-/m0/s1. The summed E-state index contributed by atoms with van der Waals surface area (Å²) < 4.78 is 63.6. The molecule has 0 radical (unpaired) electrons. The minimum absolute atomic E-state index is 0.0447. The monoisotopic (exact) mass is 560 g/mol. The van der Waals surface area contributed by atoms with Crippen LogP contribution in [-0.4, -0.2) is 43.6 Å². The Balaban J connectivity index is 1.40. The molecule has 1 aliphatic carbocycles. The van der Waals surface area contributed by atoms with Crippen molar-refractivity contribution in [1.29, 1.82) is 0 Å². The highest BCUT2D eigenvalue weighted by atomic mass is 19.4. The predicted molar refractivity (Wildman–Crippen MR) is 143 cm³/mol. The van der Waals surface area contributed by atoms with Crippen molar-refractivity contribution >= 4 is 22.5 Å². The number of nitrogens with one attached hydrogen (secondary N) is 2. The second-order valence-corrected chi connectivity index (χ2v) is 11.2. The summed E-state index contributed by atoms with van der Waals surface area (Å²) in [6, 6.07) is 7.79. The molecule has 1 saturated carbocycles. The molecule has 2 N–H and O–H groups in total. The van der Waals surface area contributed by atoms with Crippen LogP contribution in [0.4, 0.5) is 23.2 Å². The van der Waals surface area contributed by atoms with E-state index in [0.29, 0.717) is 35.0 Å². The second-order valence-electron chi connectivity index (χ2n) is 11.2. The zero-order chi connectivity index (χ0) is 28.7. The molecule has 12 heteroatoms. The summed E-state index contributed by atoms with van der Waals surface area (Å²) in [6.45, 7) is 4.67. The minimum atomic E-state index is -4.51. The number of carbonyl (C=O) groups is 1. The maximum absolute atomic E-state index is 14.5. The molecule has 1 fully saturated rings. The fraction of sp³-hybridized carbons (Fsp3) is 0.464. The number of aromatic nitrogens is 4. The van der Waals surface area contributed by atoms with E-state index in [1.165, 1.54) is 0 Å². The van der Waals surface area contributed by atoms with Gasteiger partial charge in [0.25, 0.3) is 5.91 Å². The van der Waals surface area contributed by atoms with Gasteiger partial charge in [0, 0.05) is 29.0 Å². The number of carbonyl (C=O) groups excluding carboxylic acids is 1. The highest BCUT2D eigenvalue weighted by molar-refractivity contribution is 5.96. The molecule has 214 valence electrons. The Morgan fingerprint density at radius 3 is 2.62 bits per heavy atom. The van der Waals surface area contributed by atoms with Gasteiger partial charge in [0.15, 0.2) is 0 Å². The molecular weight excluding hydrogens is 528 g/mol. The number of nitrogens with zero attached hydrogens (tertiary/aromatic N) is 4. The van der Waals surface area contributed by atoms with Crippen molar-refractivity contribution in [3.63, 3.8) is 0 Å². The fourth-order valence-corrected chi connectivity index (χ4v) is 5.03. The Hall–Kier alpha value is -3.83. The van der Waals surface area contributed by atoms with Crippen molar-refractivity contribution in [2.24, 2.45) is 0 Å². The summed E-state index contributed by atoms with van der Waals surface area (Å²) >= 11 is 0. The number of amides is 1. The van der Waals surface area contributed by atoms with E-state index in [4.69, 9.17) is 4.52 Å². The van der Waals surface area contributed by atoms with Gasteiger partial charge >= 0.3 is 6.18 Å².